The van der Waals surface area contributed by atoms with Gasteiger partial charge in [0.2, 0.25) is 0 Å². The lowest BCUT2D eigenvalue weighted by Crippen LogP contribution is -2.13. The second kappa shape index (κ2) is 5.61. The van der Waals surface area contributed by atoms with Gasteiger partial charge in [-0.05, 0) is 32.1 Å². The Morgan fingerprint density at radius 2 is 2.18 bits per heavy atom. The SMILES string of the molecule is O=C(O)CCCNc1ncnc2c1CCCC2. The summed E-state index contributed by atoms with van der Waals surface area (Å²) in [5.41, 5.74) is 2.36. The van der Waals surface area contributed by atoms with Crippen LogP contribution in [0, 0.1) is 0 Å². The molecule has 0 spiro atoms. The molecule has 0 saturated heterocycles. The summed E-state index contributed by atoms with van der Waals surface area (Å²) in [6.45, 7) is 0.649. The van der Waals surface area contributed by atoms with Gasteiger partial charge in [0.15, 0.2) is 0 Å². The smallest absolute Gasteiger partial charge is 0.303 e. The average molecular weight is 235 g/mol. The van der Waals surface area contributed by atoms with Crippen molar-refractivity contribution in [3.63, 3.8) is 0 Å². The Labute approximate surface area is 100 Å². The lowest BCUT2D eigenvalue weighted by Gasteiger charge is -2.17. The summed E-state index contributed by atoms with van der Waals surface area (Å²) in [6, 6.07) is 0. The largest absolute Gasteiger partial charge is 0.481 e. The standard InChI is InChI=1S/C12H17N3O2/c16-11(17)6-3-7-13-12-9-4-1-2-5-10(9)14-8-15-12/h8H,1-7H2,(H,16,17)(H,13,14,15). The van der Waals surface area contributed by atoms with Gasteiger partial charge < -0.3 is 10.4 Å². The molecule has 1 aromatic rings. The van der Waals surface area contributed by atoms with Crippen molar-refractivity contribution in [2.24, 2.45) is 0 Å². The van der Waals surface area contributed by atoms with Crippen LogP contribution in [0.15, 0.2) is 6.33 Å². The molecule has 0 saturated carbocycles. The van der Waals surface area contributed by atoms with Crippen molar-refractivity contribution >= 4 is 11.8 Å². The fourth-order valence-corrected chi connectivity index (χ4v) is 2.12. The maximum atomic E-state index is 10.4. The highest BCUT2D eigenvalue weighted by molar-refractivity contribution is 5.66. The van der Waals surface area contributed by atoms with E-state index in [0.717, 1.165) is 24.4 Å². The third-order valence-electron chi connectivity index (χ3n) is 2.98. The molecule has 1 aromatic heterocycles. The van der Waals surface area contributed by atoms with E-state index in [2.05, 4.69) is 15.3 Å². The van der Waals surface area contributed by atoms with Crippen LogP contribution >= 0.6 is 0 Å². The van der Waals surface area contributed by atoms with Crippen molar-refractivity contribution in [3.05, 3.63) is 17.6 Å². The predicted octanol–water partition coefficient (Wildman–Crippen LogP) is 1.63. The van der Waals surface area contributed by atoms with E-state index >= 15 is 0 Å². The first-order chi connectivity index (χ1) is 8.27. The molecule has 5 nitrogen and oxygen atoms in total. The van der Waals surface area contributed by atoms with Crippen LogP contribution < -0.4 is 5.32 Å². The first-order valence-electron chi connectivity index (χ1n) is 6.06. The summed E-state index contributed by atoms with van der Waals surface area (Å²) in [5.74, 6) is 0.136. The molecule has 1 aliphatic carbocycles. The third-order valence-corrected chi connectivity index (χ3v) is 2.98. The molecule has 0 aromatic carbocycles. The number of carboxylic acid groups (broad SMARTS) is 1. The average Bonchev–Trinajstić information content (AvgIpc) is 2.34. The van der Waals surface area contributed by atoms with Crippen molar-refractivity contribution in [3.8, 4) is 0 Å². The molecule has 5 heteroatoms. The quantitative estimate of drug-likeness (QED) is 0.759. The van der Waals surface area contributed by atoms with E-state index in [4.69, 9.17) is 5.11 Å². The summed E-state index contributed by atoms with van der Waals surface area (Å²) in [4.78, 5) is 18.9. The summed E-state index contributed by atoms with van der Waals surface area (Å²) < 4.78 is 0. The Bertz CT molecular complexity index is 407. The van der Waals surface area contributed by atoms with E-state index in [9.17, 15) is 4.79 Å². The van der Waals surface area contributed by atoms with Crippen molar-refractivity contribution in [2.45, 2.75) is 38.5 Å². The fourth-order valence-electron chi connectivity index (χ4n) is 2.12. The van der Waals surface area contributed by atoms with E-state index in [1.54, 1.807) is 6.33 Å². The van der Waals surface area contributed by atoms with Crippen molar-refractivity contribution in [1.29, 1.82) is 0 Å². The summed E-state index contributed by atoms with van der Waals surface area (Å²) in [7, 11) is 0. The minimum Gasteiger partial charge on any atom is -0.481 e. The van der Waals surface area contributed by atoms with E-state index in [-0.39, 0.29) is 6.42 Å². The van der Waals surface area contributed by atoms with Crippen LogP contribution in [0.3, 0.4) is 0 Å². The van der Waals surface area contributed by atoms with Gasteiger partial charge in [-0.15, -0.1) is 0 Å². The van der Waals surface area contributed by atoms with E-state index in [0.29, 0.717) is 13.0 Å². The van der Waals surface area contributed by atoms with Gasteiger partial charge >= 0.3 is 5.97 Å². The van der Waals surface area contributed by atoms with E-state index < -0.39 is 5.97 Å². The van der Waals surface area contributed by atoms with Gasteiger partial charge in [-0.2, -0.15) is 0 Å². The van der Waals surface area contributed by atoms with Gasteiger partial charge in [0.25, 0.3) is 0 Å². The number of anilines is 1. The number of nitrogens with zero attached hydrogens (tertiary/aromatic N) is 2. The topological polar surface area (TPSA) is 75.1 Å². The molecule has 0 bridgehead atoms. The number of aromatic nitrogens is 2. The number of nitrogens with one attached hydrogen (secondary N) is 1. The Kier molecular flexibility index (Phi) is 3.90. The first-order valence-corrected chi connectivity index (χ1v) is 6.06. The number of hydrogen-bond donors (Lipinski definition) is 2. The highest BCUT2D eigenvalue weighted by Crippen LogP contribution is 2.24. The highest BCUT2D eigenvalue weighted by atomic mass is 16.4. The Balaban J connectivity index is 1.94. The number of carbonyl (C=O) groups is 1. The van der Waals surface area contributed by atoms with Crippen LogP contribution in [0.25, 0.3) is 0 Å². The van der Waals surface area contributed by atoms with Crippen LogP contribution in [0.4, 0.5) is 5.82 Å². The third kappa shape index (κ3) is 3.15. The molecule has 92 valence electrons. The number of aryl methyl sites for hydroxylation is 1. The van der Waals surface area contributed by atoms with Crippen LogP contribution in [-0.2, 0) is 17.6 Å². The minimum absolute atomic E-state index is 0.195. The zero-order chi connectivity index (χ0) is 12.1. The fraction of sp³-hybridized carbons (Fsp3) is 0.583. The number of hydrogen-bond acceptors (Lipinski definition) is 4. The zero-order valence-corrected chi connectivity index (χ0v) is 9.78. The molecule has 0 radical (unpaired) electrons. The molecule has 2 N–H and O–H groups in total. The highest BCUT2D eigenvalue weighted by Gasteiger charge is 2.14. The molecule has 0 atom stereocenters. The number of fused-ring (bicyclic) bond motifs is 1. The van der Waals surface area contributed by atoms with Gasteiger partial charge in [0, 0.05) is 24.2 Å². The lowest BCUT2D eigenvalue weighted by atomic mass is 9.96. The number of aliphatic carboxylic acids is 1. The predicted molar refractivity (Wildman–Crippen MR) is 64.0 cm³/mol. The summed E-state index contributed by atoms with van der Waals surface area (Å²) >= 11 is 0. The van der Waals surface area contributed by atoms with Crippen LogP contribution in [0.5, 0.6) is 0 Å². The minimum atomic E-state index is -0.753. The molecule has 0 unspecified atom stereocenters. The van der Waals surface area contributed by atoms with Gasteiger partial charge in [-0.1, -0.05) is 0 Å². The normalized spacial score (nSPS) is 14.1. The molecule has 0 amide bonds. The second-order valence-corrected chi connectivity index (χ2v) is 4.28. The maximum Gasteiger partial charge on any atom is 0.303 e. The Morgan fingerprint density at radius 1 is 1.35 bits per heavy atom. The van der Waals surface area contributed by atoms with E-state index in [1.807, 2.05) is 0 Å². The van der Waals surface area contributed by atoms with Crippen LogP contribution in [-0.4, -0.2) is 27.6 Å². The van der Waals surface area contributed by atoms with Gasteiger partial charge in [-0.25, -0.2) is 9.97 Å². The molecule has 1 aliphatic rings. The number of rotatable bonds is 5. The van der Waals surface area contributed by atoms with Crippen molar-refractivity contribution < 1.29 is 9.90 Å². The summed E-state index contributed by atoms with van der Waals surface area (Å²) in [6.07, 6.45) is 6.84. The van der Waals surface area contributed by atoms with Gasteiger partial charge in [-0.3, -0.25) is 4.79 Å². The first kappa shape index (κ1) is 11.8. The maximum absolute atomic E-state index is 10.4. The molecule has 2 rings (SSSR count). The molecular weight excluding hydrogens is 218 g/mol. The lowest BCUT2D eigenvalue weighted by molar-refractivity contribution is -0.137. The molecule has 17 heavy (non-hydrogen) atoms. The van der Waals surface area contributed by atoms with Crippen molar-refractivity contribution in [1.82, 2.24) is 9.97 Å². The van der Waals surface area contributed by atoms with Crippen molar-refractivity contribution in [2.75, 3.05) is 11.9 Å². The summed E-state index contributed by atoms with van der Waals surface area (Å²) in [5, 5.41) is 11.8. The van der Waals surface area contributed by atoms with Gasteiger partial charge in [0.1, 0.15) is 12.1 Å². The number of carboxylic acids is 1. The van der Waals surface area contributed by atoms with E-state index in [1.165, 1.54) is 18.4 Å². The molecule has 0 fully saturated rings. The Morgan fingerprint density at radius 3 is 3.00 bits per heavy atom. The van der Waals surface area contributed by atoms with Crippen LogP contribution in [0.1, 0.15) is 36.9 Å². The van der Waals surface area contributed by atoms with Gasteiger partial charge in [0.05, 0.1) is 0 Å². The molecule has 0 aliphatic heterocycles. The second-order valence-electron chi connectivity index (χ2n) is 4.28. The van der Waals surface area contributed by atoms with Crippen LogP contribution in [0.2, 0.25) is 0 Å². The Hall–Kier alpha value is -1.65. The monoisotopic (exact) mass is 235 g/mol. The molecular formula is C12H17N3O2. The zero-order valence-electron chi connectivity index (χ0n) is 9.78. The molecule has 1 heterocycles.